The number of thioether (sulfide) groups is 2. The van der Waals surface area contributed by atoms with Crippen LogP contribution in [0.25, 0.3) is 14.7 Å². The summed E-state index contributed by atoms with van der Waals surface area (Å²) in [4.78, 5) is 10.1. The van der Waals surface area contributed by atoms with Gasteiger partial charge < -0.3 is 0 Å². The molecule has 27 heavy (non-hydrogen) atoms. The van der Waals surface area contributed by atoms with Crippen molar-refractivity contribution in [2.24, 2.45) is 0 Å². The highest BCUT2D eigenvalue weighted by atomic mass is 32.2. The zero-order chi connectivity index (χ0) is 18.6. The first kappa shape index (κ1) is 19.0. The molecule has 0 fully saturated rings. The molecule has 0 N–H and O–H groups in total. The largest absolute Gasteiger partial charge is 0.143 e. The Balaban J connectivity index is 1.46. The van der Waals surface area contributed by atoms with Crippen LogP contribution in [0, 0.1) is 6.92 Å². The van der Waals surface area contributed by atoms with E-state index < -0.39 is 0 Å². The maximum absolute atomic E-state index is 3.38. The fraction of sp³-hybridized carbons (Fsp3) is 0.136. The van der Waals surface area contributed by atoms with Crippen molar-refractivity contribution < 1.29 is 0 Å². The van der Waals surface area contributed by atoms with E-state index in [4.69, 9.17) is 0 Å². The van der Waals surface area contributed by atoms with Gasteiger partial charge in [-0.1, -0.05) is 29.3 Å². The highest BCUT2D eigenvalue weighted by Gasteiger charge is 2.15. The molecule has 3 aromatic rings. The first-order valence-corrected chi connectivity index (χ1v) is 12.7. The zero-order valence-electron chi connectivity index (χ0n) is 14.9. The number of hydrogen-bond acceptors (Lipinski definition) is 5. The molecule has 0 aliphatic carbocycles. The van der Waals surface area contributed by atoms with Crippen LogP contribution in [0.5, 0.6) is 0 Å². The molecule has 1 aliphatic rings. The average molecular weight is 441 g/mol. The van der Waals surface area contributed by atoms with Crippen LogP contribution in [0.3, 0.4) is 0 Å². The Kier molecular flexibility index (Phi) is 6.14. The van der Waals surface area contributed by atoms with Gasteiger partial charge in [0.2, 0.25) is 0 Å². The first-order valence-electron chi connectivity index (χ1n) is 8.40. The van der Waals surface area contributed by atoms with Crippen molar-refractivity contribution >= 4 is 72.2 Å². The van der Waals surface area contributed by atoms with Gasteiger partial charge in [0.1, 0.15) is 0 Å². The van der Waals surface area contributed by atoms with Crippen molar-refractivity contribution in [2.75, 3.05) is 0 Å². The molecule has 0 amide bonds. The Morgan fingerprint density at radius 2 is 1.85 bits per heavy atom. The minimum Gasteiger partial charge on any atom is -0.143 e. The van der Waals surface area contributed by atoms with Crippen molar-refractivity contribution in [3.05, 3.63) is 89.4 Å². The third-order valence-corrected chi connectivity index (χ3v) is 9.44. The molecule has 0 spiro atoms. The number of aryl methyl sites for hydroxylation is 1. The lowest BCUT2D eigenvalue weighted by molar-refractivity contribution is 1.56. The van der Waals surface area contributed by atoms with Crippen LogP contribution in [-0.2, 0) is 5.75 Å². The van der Waals surface area contributed by atoms with Gasteiger partial charge >= 0.3 is 0 Å². The standard InChI is InChI=1S/C22H16S5/c1-3-5-17(18-6-4-13-23-18)24-14-16-8-10-20(26-16)22-12-11-21(27-22)19-9-7-15(2)25-19/h3-4,6-10,13H,14H2,1-2H3. The predicted octanol–water partition coefficient (Wildman–Crippen LogP) is 8.51. The molecule has 4 rings (SSSR count). The summed E-state index contributed by atoms with van der Waals surface area (Å²) in [5.74, 6) is 0.963. The number of rotatable bonds is 6. The Hall–Kier alpha value is -1.38. The normalized spacial score (nSPS) is 12.7. The second-order valence-corrected chi connectivity index (χ2v) is 11.1. The lowest BCUT2D eigenvalue weighted by Gasteiger charge is -2.01. The molecular weight excluding hydrogens is 425 g/mol. The molecule has 0 unspecified atom stereocenters. The van der Waals surface area contributed by atoms with Crippen molar-refractivity contribution in [3.8, 4) is 0 Å². The van der Waals surface area contributed by atoms with Gasteiger partial charge in [-0.05, 0) is 55.6 Å². The molecular formula is C22H16S5. The molecule has 0 saturated carbocycles. The van der Waals surface area contributed by atoms with Gasteiger partial charge in [0, 0.05) is 30.1 Å². The molecule has 3 aromatic heterocycles. The minimum atomic E-state index is 0.963. The summed E-state index contributed by atoms with van der Waals surface area (Å²) >= 11 is 9.07. The summed E-state index contributed by atoms with van der Waals surface area (Å²) in [6.45, 7) is 4.16. The van der Waals surface area contributed by atoms with E-state index in [1.165, 1.54) is 39.1 Å². The van der Waals surface area contributed by atoms with E-state index in [1.807, 2.05) is 47.4 Å². The van der Waals surface area contributed by atoms with Gasteiger partial charge in [0.15, 0.2) is 0 Å². The molecule has 4 heterocycles. The molecule has 134 valence electrons. The van der Waals surface area contributed by atoms with E-state index in [2.05, 4.69) is 65.9 Å². The van der Waals surface area contributed by atoms with E-state index in [-0.39, 0.29) is 0 Å². The topological polar surface area (TPSA) is 0 Å². The highest BCUT2D eigenvalue weighted by molar-refractivity contribution is 8.17. The Morgan fingerprint density at radius 1 is 1.07 bits per heavy atom. The molecule has 1 aliphatic heterocycles. The molecule has 0 atom stereocenters. The number of allylic oxidation sites excluding steroid dienone is 1. The fourth-order valence-electron chi connectivity index (χ4n) is 2.49. The summed E-state index contributed by atoms with van der Waals surface area (Å²) in [7, 11) is 0. The quantitative estimate of drug-likeness (QED) is 0.352. The summed E-state index contributed by atoms with van der Waals surface area (Å²) in [5.41, 5.74) is 10.0. The molecule has 0 aromatic carbocycles. The van der Waals surface area contributed by atoms with Gasteiger partial charge in [0.25, 0.3) is 0 Å². The first-order chi connectivity index (χ1) is 13.2. The van der Waals surface area contributed by atoms with Crippen molar-refractivity contribution in [3.63, 3.8) is 0 Å². The Morgan fingerprint density at radius 3 is 2.52 bits per heavy atom. The Bertz CT molecular complexity index is 1120. The third-order valence-electron chi connectivity index (χ3n) is 3.72. The smallest absolute Gasteiger partial charge is 0.0804 e. The van der Waals surface area contributed by atoms with Crippen LogP contribution in [0.1, 0.15) is 31.3 Å². The second-order valence-electron chi connectivity index (χ2n) is 5.71. The van der Waals surface area contributed by atoms with E-state index in [9.17, 15) is 0 Å². The fourth-order valence-corrected chi connectivity index (χ4v) is 7.35. The molecule has 0 bridgehead atoms. The van der Waals surface area contributed by atoms with Crippen molar-refractivity contribution in [1.82, 2.24) is 0 Å². The molecule has 0 nitrogen and oxygen atoms in total. The minimum absolute atomic E-state index is 0.963. The van der Waals surface area contributed by atoms with E-state index >= 15 is 0 Å². The van der Waals surface area contributed by atoms with E-state index in [0.717, 1.165) is 5.75 Å². The van der Waals surface area contributed by atoms with Crippen molar-refractivity contribution in [2.45, 2.75) is 19.6 Å². The van der Waals surface area contributed by atoms with Crippen LogP contribution in [0.2, 0.25) is 0 Å². The van der Waals surface area contributed by atoms with Crippen LogP contribution in [0.15, 0.2) is 65.0 Å². The number of thiophene rings is 3. The van der Waals surface area contributed by atoms with Crippen molar-refractivity contribution in [1.29, 1.82) is 0 Å². The number of hydrogen-bond donors (Lipinski definition) is 0. The van der Waals surface area contributed by atoms with Gasteiger partial charge in [-0.25, -0.2) is 0 Å². The SMILES string of the molecule is CC=C=C(SCc1ccc(C2=C=C=C(c3ccc(C)s3)S2)s1)c1cccs1. The highest BCUT2D eigenvalue weighted by Crippen LogP contribution is 2.45. The molecule has 0 radical (unpaired) electrons. The summed E-state index contributed by atoms with van der Waals surface area (Å²) < 4.78 is 0. The average Bonchev–Trinajstić information content (AvgIpc) is 3.45. The predicted molar refractivity (Wildman–Crippen MR) is 128 cm³/mol. The van der Waals surface area contributed by atoms with Crippen LogP contribution >= 0.6 is 57.5 Å². The molecule has 5 heteroatoms. The molecule has 0 saturated heterocycles. The van der Waals surface area contributed by atoms with Gasteiger partial charge in [-0.2, -0.15) is 0 Å². The second kappa shape index (κ2) is 8.75. The Labute approximate surface area is 180 Å². The summed E-state index contributed by atoms with van der Waals surface area (Å²) in [6.07, 6.45) is 1.99. The van der Waals surface area contributed by atoms with Crippen LogP contribution < -0.4 is 0 Å². The van der Waals surface area contributed by atoms with Gasteiger partial charge in [-0.15, -0.1) is 51.5 Å². The van der Waals surface area contributed by atoms with E-state index in [1.54, 1.807) is 23.1 Å². The lowest BCUT2D eigenvalue weighted by Crippen LogP contribution is -1.75. The zero-order valence-corrected chi connectivity index (χ0v) is 18.9. The maximum Gasteiger partial charge on any atom is 0.0804 e. The lowest BCUT2D eigenvalue weighted by atomic mass is 10.4. The third kappa shape index (κ3) is 4.55. The van der Waals surface area contributed by atoms with E-state index in [0.29, 0.717) is 0 Å². The summed E-state index contributed by atoms with van der Waals surface area (Å²) in [6, 6.07) is 13.0. The van der Waals surface area contributed by atoms with Gasteiger partial charge in [0.05, 0.1) is 14.7 Å². The monoisotopic (exact) mass is 440 g/mol. The summed E-state index contributed by atoms with van der Waals surface area (Å²) in [5, 5.41) is 2.12. The maximum atomic E-state index is 3.38. The van der Waals surface area contributed by atoms with Crippen LogP contribution in [-0.4, -0.2) is 0 Å². The van der Waals surface area contributed by atoms with Gasteiger partial charge in [-0.3, -0.25) is 0 Å². The van der Waals surface area contributed by atoms with Crippen LogP contribution in [0.4, 0.5) is 0 Å².